The monoisotopic (exact) mass is 680 g/mol. The van der Waals surface area contributed by atoms with Crippen molar-refractivity contribution in [2.24, 2.45) is 11.8 Å². The topological polar surface area (TPSA) is 216 Å². The number of ether oxygens (including phenoxy) is 3. The van der Waals surface area contributed by atoms with Crippen LogP contribution in [0.25, 0.3) is 22.3 Å². The van der Waals surface area contributed by atoms with Crippen LogP contribution in [0.15, 0.2) is 54.0 Å². The van der Waals surface area contributed by atoms with E-state index in [1.807, 2.05) is 0 Å². The highest BCUT2D eigenvalue weighted by Gasteiger charge is 2.72. The Balaban J connectivity index is 1.78. The van der Waals surface area contributed by atoms with Gasteiger partial charge in [0.2, 0.25) is 5.75 Å². The summed E-state index contributed by atoms with van der Waals surface area (Å²) in [5.74, 6) is -8.74. The lowest BCUT2D eigenvalue weighted by Gasteiger charge is -2.56. The van der Waals surface area contributed by atoms with Crippen LogP contribution in [0.3, 0.4) is 0 Å². The summed E-state index contributed by atoms with van der Waals surface area (Å²) in [6, 6.07) is 9.02. The number of aliphatic hydroxyl groups is 1. The number of hydrogen-bond acceptors (Lipinski definition) is 13. The minimum atomic E-state index is -2.59. The average Bonchev–Trinajstić information content (AvgIpc) is 3.05. The van der Waals surface area contributed by atoms with Gasteiger partial charge in [-0.3, -0.25) is 24.4 Å². The number of hydroxylamine groups is 6. The van der Waals surface area contributed by atoms with Crippen molar-refractivity contribution < 1.29 is 63.9 Å². The predicted molar refractivity (Wildman–Crippen MR) is 170 cm³/mol. The highest BCUT2D eigenvalue weighted by molar-refractivity contribution is 5.96. The molecule has 5 rings (SSSR count). The van der Waals surface area contributed by atoms with Gasteiger partial charge < -0.3 is 39.8 Å². The van der Waals surface area contributed by atoms with Gasteiger partial charge in [0, 0.05) is 19.8 Å². The van der Waals surface area contributed by atoms with Gasteiger partial charge in [0.05, 0.1) is 17.0 Å². The molecular weight excluding hydrogens is 644 g/mol. The third kappa shape index (κ3) is 5.31. The molecule has 0 fully saturated rings. The number of aliphatic hydroxyl groups excluding tert-OH is 1. The van der Waals surface area contributed by atoms with Crippen LogP contribution in [0, 0.1) is 17.0 Å². The van der Waals surface area contributed by atoms with E-state index in [4.69, 9.17) is 19.0 Å². The van der Waals surface area contributed by atoms with Crippen LogP contribution in [0.2, 0.25) is 0 Å². The molecule has 0 spiro atoms. The maximum Gasteiger partial charge on any atom is 0.374 e. The van der Waals surface area contributed by atoms with Gasteiger partial charge in [-0.1, -0.05) is 44.6 Å². The van der Waals surface area contributed by atoms with Crippen LogP contribution in [0.1, 0.15) is 54.4 Å². The molecule has 0 aliphatic carbocycles. The van der Waals surface area contributed by atoms with Crippen molar-refractivity contribution in [3.8, 4) is 62.5 Å². The Morgan fingerprint density at radius 3 is 1.92 bits per heavy atom. The van der Waals surface area contributed by atoms with Gasteiger partial charge in [0.25, 0.3) is 0 Å². The van der Waals surface area contributed by atoms with E-state index in [1.54, 1.807) is 20.8 Å². The summed E-state index contributed by atoms with van der Waals surface area (Å²) in [6.45, 7) is 8.63. The number of nitrogens with zero attached hydrogens (tertiary/aromatic N) is 2. The number of amides is 1. The third-order valence-electron chi connectivity index (χ3n) is 8.76. The molecular formula is C34H36N2O13. The first-order chi connectivity index (χ1) is 23.0. The molecule has 0 radical (unpaired) electrons. The lowest BCUT2D eigenvalue weighted by molar-refractivity contribution is -1.08. The number of quaternary nitrogens is 1. The Kier molecular flexibility index (Phi) is 8.88. The molecule has 3 aromatic rings. The van der Waals surface area contributed by atoms with Crippen LogP contribution >= 0.6 is 0 Å². The standard InChI is InChI=1S/C34H36N2O13/c1-7-16(3)27-32(42)36(45)34(17(4)8-2,33(43)35(27)44)48-24-15-21(11-14-23(24)49-36)26-29(41)28(40)25(20-9-12-22(39)13-10-20)30(46-18(5)37)31(26)47-19(6)38/h9-17,39-42,44H,7-8H2,1-6H3/t16-,17+,34+,36?/m0/s1. The predicted octanol–water partition coefficient (Wildman–Crippen LogP) is 5.74. The molecule has 15 nitrogen and oxygen atoms in total. The van der Waals surface area contributed by atoms with Crippen LogP contribution < -0.4 is 19.0 Å². The molecule has 5 N–H and O–H groups in total. The molecule has 15 heteroatoms. The molecule has 1 amide bonds. The van der Waals surface area contributed by atoms with Gasteiger partial charge in [0.1, 0.15) is 5.75 Å². The van der Waals surface area contributed by atoms with Crippen molar-refractivity contribution >= 4 is 17.8 Å². The van der Waals surface area contributed by atoms with E-state index >= 15 is 0 Å². The second kappa shape index (κ2) is 12.5. The molecule has 0 aromatic heterocycles. The van der Waals surface area contributed by atoms with Crippen molar-refractivity contribution in [2.45, 2.75) is 60.1 Å². The van der Waals surface area contributed by atoms with Crippen LogP contribution in [-0.4, -0.2) is 59.1 Å². The number of allylic oxidation sites excluding steroid dienone is 1. The second-order valence-corrected chi connectivity index (χ2v) is 11.9. The van der Waals surface area contributed by atoms with Gasteiger partial charge in [-0.25, -0.2) is 0 Å². The molecule has 2 aliphatic rings. The SMILES string of the molecule is CC[C@@H](C)[C@]12Oc3cc(-c4c(O)c(O)c(-c5ccc(O)cc5)c(OC(C)=O)c4OC(C)=O)ccc3O[N+]1([O-])C(O)=C([C@@H](C)CC)N(O)C2=O. The Morgan fingerprint density at radius 2 is 1.41 bits per heavy atom. The fourth-order valence-corrected chi connectivity index (χ4v) is 5.96. The molecule has 3 aromatic carbocycles. The molecule has 49 heavy (non-hydrogen) atoms. The Hall–Kier alpha value is -5.51. The number of aromatic hydroxyl groups is 3. The van der Waals surface area contributed by atoms with Crippen molar-refractivity contribution in [3.05, 3.63) is 59.3 Å². The smallest absolute Gasteiger partial charge is 0.374 e. The van der Waals surface area contributed by atoms with E-state index in [0.717, 1.165) is 13.8 Å². The highest BCUT2D eigenvalue weighted by Crippen LogP contribution is 2.58. The van der Waals surface area contributed by atoms with Crippen LogP contribution in [-0.2, 0) is 14.4 Å². The van der Waals surface area contributed by atoms with Crippen molar-refractivity contribution in [3.63, 3.8) is 0 Å². The quantitative estimate of drug-likeness (QED) is 0.0480. The molecule has 0 saturated carbocycles. The first-order valence-corrected chi connectivity index (χ1v) is 15.4. The van der Waals surface area contributed by atoms with E-state index in [0.29, 0.717) is 6.42 Å². The van der Waals surface area contributed by atoms with Crippen molar-refractivity contribution in [1.82, 2.24) is 5.06 Å². The van der Waals surface area contributed by atoms with Crippen LogP contribution in [0.5, 0.6) is 40.2 Å². The summed E-state index contributed by atoms with van der Waals surface area (Å²) in [6.07, 6.45) is 0.505. The van der Waals surface area contributed by atoms with Gasteiger partial charge in [-0.15, -0.1) is 0 Å². The summed E-state index contributed by atoms with van der Waals surface area (Å²) in [4.78, 5) is 42.3. The highest BCUT2D eigenvalue weighted by atomic mass is 17.0. The number of hydrogen-bond donors (Lipinski definition) is 5. The van der Waals surface area contributed by atoms with Crippen molar-refractivity contribution in [2.75, 3.05) is 0 Å². The Morgan fingerprint density at radius 1 is 0.878 bits per heavy atom. The number of esters is 2. The molecule has 2 heterocycles. The number of fused-ring (bicyclic) bond motifs is 2. The minimum absolute atomic E-state index is 0.0357. The number of phenolic OH excluding ortho intramolecular Hbond substituents is 3. The van der Waals surface area contributed by atoms with Gasteiger partial charge >= 0.3 is 29.5 Å². The molecule has 2 aliphatic heterocycles. The molecule has 1 unspecified atom stereocenters. The van der Waals surface area contributed by atoms with E-state index in [-0.39, 0.29) is 56.7 Å². The average molecular weight is 681 g/mol. The fourth-order valence-electron chi connectivity index (χ4n) is 5.96. The van der Waals surface area contributed by atoms with E-state index in [1.165, 1.54) is 49.4 Å². The number of rotatable bonds is 8. The number of phenols is 3. The maximum absolute atomic E-state index is 14.6. The zero-order chi connectivity index (χ0) is 36.2. The third-order valence-corrected chi connectivity index (χ3v) is 8.76. The number of carbonyl (C=O) groups excluding carboxylic acids is 3. The zero-order valence-corrected chi connectivity index (χ0v) is 27.5. The second-order valence-electron chi connectivity index (χ2n) is 11.9. The zero-order valence-electron chi connectivity index (χ0n) is 27.5. The number of benzene rings is 3. The van der Waals surface area contributed by atoms with Crippen molar-refractivity contribution in [1.29, 1.82) is 0 Å². The summed E-state index contributed by atoms with van der Waals surface area (Å²) in [5.41, 5.74) is -3.41. The van der Waals surface area contributed by atoms with Gasteiger partial charge in [-0.2, -0.15) is 5.06 Å². The van der Waals surface area contributed by atoms with Gasteiger partial charge in [0.15, 0.2) is 34.4 Å². The lowest BCUT2D eigenvalue weighted by Crippen LogP contribution is -2.78. The van der Waals surface area contributed by atoms with E-state index < -0.39 is 69.1 Å². The summed E-state index contributed by atoms with van der Waals surface area (Å²) >= 11 is 0. The van der Waals surface area contributed by atoms with E-state index in [2.05, 4.69) is 0 Å². The minimum Gasteiger partial charge on any atom is -0.578 e. The van der Waals surface area contributed by atoms with E-state index in [9.17, 15) is 45.2 Å². The Bertz CT molecular complexity index is 1890. The van der Waals surface area contributed by atoms with Gasteiger partial charge in [-0.05, 0) is 54.3 Å². The normalized spacial score (nSPS) is 21.1. The molecule has 0 bridgehead atoms. The Labute approximate surface area is 280 Å². The summed E-state index contributed by atoms with van der Waals surface area (Å²) < 4.78 is 17.1. The first kappa shape index (κ1) is 34.8. The molecule has 0 saturated heterocycles. The fraction of sp³-hybridized carbons (Fsp3) is 0.324. The summed E-state index contributed by atoms with van der Waals surface area (Å²) in [7, 11) is 0. The maximum atomic E-state index is 14.6. The van der Waals surface area contributed by atoms with Crippen LogP contribution in [0.4, 0.5) is 0 Å². The molecule has 4 atom stereocenters. The molecule has 260 valence electrons. The summed E-state index contributed by atoms with van der Waals surface area (Å²) in [5, 5.41) is 69.7. The largest absolute Gasteiger partial charge is 0.578 e. The lowest BCUT2D eigenvalue weighted by atomic mass is 9.89. The first-order valence-electron chi connectivity index (χ1n) is 15.4. The number of carbonyl (C=O) groups is 3.